The molecule has 0 radical (unpaired) electrons. The molecule has 3 heterocycles. The second-order valence-corrected chi connectivity index (χ2v) is 6.08. The molecule has 0 bridgehead atoms. The van der Waals surface area contributed by atoms with Gasteiger partial charge in [0.1, 0.15) is 5.82 Å². The summed E-state index contributed by atoms with van der Waals surface area (Å²) >= 11 is 6.00. The topological polar surface area (TPSA) is 50.1 Å². The van der Waals surface area contributed by atoms with E-state index in [4.69, 9.17) is 11.6 Å². The van der Waals surface area contributed by atoms with Gasteiger partial charge < -0.3 is 4.90 Å². The minimum absolute atomic E-state index is 0.0206. The monoisotopic (exact) mass is 360 g/mol. The Morgan fingerprint density at radius 1 is 1.21 bits per heavy atom. The van der Waals surface area contributed by atoms with Gasteiger partial charge in [-0.25, -0.2) is 4.98 Å². The van der Waals surface area contributed by atoms with Gasteiger partial charge in [0.05, 0.1) is 16.3 Å². The molecule has 0 unspecified atom stereocenters. The fraction of sp³-hybridized carbons (Fsp3) is 0.500. The third kappa shape index (κ3) is 3.78. The standard InChI is InChI=1S/C14H16ClF3N6/c1-22-8-11(20-21-22)9-23-2-4-24(5-3-23)13-12(15)6-10(7-19-13)14(16,17)18/h6-8H,2-5,9H2,1H3. The molecule has 130 valence electrons. The van der Waals surface area contributed by atoms with Crippen molar-refractivity contribution in [3.63, 3.8) is 0 Å². The number of halogens is 4. The number of rotatable bonds is 3. The number of anilines is 1. The van der Waals surface area contributed by atoms with Gasteiger partial charge in [-0.1, -0.05) is 16.8 Å². The Labute approximate surface area is 141 Å². The van der Waals surface area contributed by atoms with E-state index in [1.54, 1.807) is 4.68 Å². The average Bonchev–Trinajstić information content (AvgIpc) is 2.92. The molecule has 0 saturated carbocycles. The number of aromatic nitrogens is 4. The molecular weight excluding hydrogens is 345 g/mol. The van der Waals surface area contributed by atoms with Crippen molar-refractivity contribution in [2.24, 2.45) is 7.05 Å². The summed E-state index contributed by atoms with van der Waals surface area (Å²) in [7, 11) is 1.81. The summed E-state index contributed by atoms with van der Waals surface area (Å²) in [6.45, 7) is 3.46. The van der Waals surface area contributed by atoms with Crippen molar-refractivity contribution in [2.75, 3.05) is 31.1 Å². The van der Waals surface area contributed by atoms with Crippen LogP contribution in [0.3, 0.4) is 0 Å². The smallest absolute Gasteiger partial charge is 0.353 e. The van der Waals surface area contributed by atoms with Crippen LogP contribution in [0.1, 0.15) is 11.3 Å². The first-order valence-corrected chi connectivity index (χ1v) is 7.76. The largest absolute Gasteiger partial charge is 0.417 e. The Morgan fingerprint density at radius 3 is 2.46 bits per heavy atom. The van der Waals surface area contributed by atoms with Crippen LogP contribution >= 0.6 is 11.6 Å². The van der Waals surface area contributed by atoms with Crippen LogP contribution in [0, 0.1) is 0 Å². The third-order valence-corrected chi connectivity index (χ3v) is 4.13. The minimum atomic E-state index is -4.44. The molecule has 6 nitrogen and oxygen atoms in total. The van der Waals surface area contributed by atoms with Gasteiger partial charge in [0, 0.05) is 52.2 Å². The van der Waals surface area contributed by atoms with E-state index >= 15 is 0 Å². The second kappa shape index (κ2) is 6.56. The van der Waals surface area contributed by atoms with Gasteiger partial charge in [-0.15, -0.1) is 5.10 Å². The maximum Gasteiger partial charge on any atom is 0.417 e. The molecule has 1 fully saturated rings. The van der Waals surface area contributed by atoms with E-state index in [-0.39, 0.29) is 5.02 Å². The molecule has 0 spiro atoms. The normalized spacial score (nSPS) is 16.6. The van der Waals surface area contributed by atoms with Crippen LogP contribution in [-0.4, -0.2) is 51.1 Å². The molecule has 1 aliphatic heterocycles. The lowest BCUT2D eigenvalue weighted by molar-refractivity contribution is -0.137. The molecule has 2 aromatic heterocycles. The van der Waals surface area contributed by atoms with Crippen molar-refractivity contribution >= 4 is 17.4 Å². The van der Waals surface area contributed by atoms with Gasteiger partial charge >= 0.3 is 6.18 Å². The zero-order valence-electron chi connectivity index (χ0n) is 13.0. The first-order chi connectivity index (χ1) is 11.3. The van der Waals surface area contributed by atoms with Crippen molar-refractivity contribution in [3.05, 3.63) is 34.7 Å². The second-order valence-electron chi connectivity index (χ2n) is 5.67. The summed E-state index contributed by atoms with van der Waals surface area (Å²) < 4.78 is 39.7. The van der Waals surface area contributed by atoms with Crippen molar-refractivity contribution in [3.8, 4) is 0 Å². The summed E-state index contributed by atoms with van der Waals surface area (Å²) in [6.07, 6.45) is -1.75. The molecule has 0 amide bonds. The lowest BCUT2D eigenvalue weighted by atomic mass is 10.2. The van der Waals surface area contributed by atoms with E-state index in [0.29, 0.717) is 25.5 Å². The predicted molar refractivity (Wildman–Crippen MR) is 82.7 cm³/mol. The van der Waals surface area contributed by atoms with Gasteiger partial charge in [0.25, 0.3) is 0 Å². The first kappa shape index (κ1) is 17.0. The molecule has 2 aromatic rings. The van der Waals surface area contributed by atoms with Crippen molar-refractivity contribution in [1.82, 2.24) is 24.9 Å². The zero-order valence-corrected chi connectivity index (χ0v) is 13.7. The van der Waals surface area contributed by atoms with Crippen LogP contribution in [0.15, 0.2) is 18.5 Å². The fourth-order valence-corrected chi connectivity index (χ4v) is 2.92. The SMILES string of the molecule is Cn1cc(CN2CCN(c3ncc(C(F)(F)F)cc3Cl)CC2)nn1. The number of alkyl halides is 3. The molecule has 24 heavy (non-hydrogen) atoms. The van der Waals surface area contributed by atoms with Crippen molar-refractivity contribution < 1.29 is 13.2 Å². The van der Waals surface area contributed by atoms with E-state index in [2.05, 4.69) is 20.2 Å². The van der Waals surface area contributed by atoms with Crippen molar-refractivity contribution in [1.29, 1.82) is 0 Å². The highest BCUT2D eigenvalue weighted by atomic mass is 35.5. The minimum Gasteiger partial charge on any atom is -0.353 e. The summed E-state index contributed by atoms with van der Waals surface area (Å²) in [5, 5.41) is 7.97. The predicted octanol–water partition coefficient (Wildman–Crippen LogP) is 2.20. The highest BCUT2D eigenvalue weighted by Gasteiger charge is 2.32. The summed E-state index contributed by atoms with van der Waals surface area (Å²) in [5.41, 5.74) is 0.0502. The van der Waals surface area contributed by atoms with Crippen LogP contribution < -0.4 is 4.90 Å². The van der Waals surface area contributed by atoms with E-state index < -0.39 is 11.7 Å². The molecule has 0 N–H and O–H groups in total. The molecule has 1 aliphatic rings. The van der Waals surface area contributed by atoms with E-state index in [0.717, 1.165) is 31.0 Å². The van der Waals surface area contributed by atoms with Crippen LogP contribution in [0.5, 0.6) is 0 Å². The molecule has 0 atom stereocenters. The van der Waals surface area contributed by atoms with Crippen LogP contribution in [-0.2, 0) is 19.8 Å². The van der Waals surface area contributed by atoms with Crippen LogP contribution in [0.4, 0.5) is 19.0 Å². The van der Waals surface area contributed by atoms with E-state index in [9.17, 15) is 13.2 Å². The molecule has 0 aromatic carbocycles. The maximum absolute atomic E-state index is 12.7. The van der Waals surface area contributed by atoms with Gasteiger partial charge in [0.2, 0.25) is 0 Å². The van der Waals surface area contributed by atoms with Gasteiger partial charge in [0.15, 0.2) is 0 Å². The number of hydrogen-bond acceptors (Lipinski definition) is 5. The summed E-state index contributed by atoms with van der Waals surface area (Å²) in [6, 6.07) is 0.926. The number of hydrogen-bond donors (Lipinski definition) is 0. The molecule has 0 aliphatic carbocycles. The van der Waals surface area contributed by atoms with Gasteiger partial charge in [-0.3, -0.25) is 9.58 Å². The fourth-order valence-electron chi connectivity index (χ4n) is 2.63. The molecular formula is C14H16ClF3N6. The van der Waals surface area contributed by atoms with E-state index in [1.165, 1.54) is 0 Å². The number of pyridine rings is 1. The summed E-state index contributed by atoms with van der Waals surface area (Å²) in [5.74, 6) is 0.392. The quantitative estimate of drug-likeness (QED) is 0.840. The highest BCUT2D eigenvalue weighted by molar-refractivity contribution is 6.33. The Hall–Kier alpha value is -1.87. The van der Waals surface area contributed by atoms with Crippen LogP contribution in [0.25, 0.3) is 0 Å². The Kier molecular flexibility index (Phi) is 4.64. The molecule has 10 heteroatoms. The zero-order chi connectivity index (χ0) is 17.3. The van der Waals surface area contributed by atoms with Gasteiger partial charge in [-0.05, 0) is 6.07 Å². The maximum atomic E-state index is 12.7. The number of aryl methyl sites for hydroxylation is 1. The Bertz CT molecular complexity index is 709. The lowest BCUT2D eigenvalue weighted by Gasteiger charge is -2.35. The average molecular weight is 361 g/mol. The van der Waals surface area contributed by atoms with Gasteiger partial charge in [-0.2, -0.15) is 13.2 Å². The molecule has 1 saturated heterocycles. The van der Waals surface area contributed by atoms with Crippen molar-refractivity contribution in [2.45, 2.75) is 12.7 Å². The Balaban J connectivity index is 1.62. The molecule has 3 rings (SSSR count). The lowest BCUT2D eigenvalue weighted by Crippen LogP contribution is -2.46. The highest BCUT2D eigenvalue weighted by Crippen LogP contribution is 2.33. The number of nitrogens with zero attached hydrogens (tertiary/aromatic N) is 6. The first-order valence-electron chi connectivity index (χ1n) is 7.38. The van der Waals surface area contributed by atoms with Crippen LogP contribution in [0.2, 0.25) is 5.02 Å². The summed E-state index contributed by atoms with van der Waals surface area (Å²) in [4.78, 5) is 8.02. The number of piperazine rings is 1. The third-order valence-electron chi connectivity index (χ3n) is 3.86. The van der Waals surface area contributed by atoms with E-state index in [1.807, 2.05) is 18.1 Å². The Morgan fingerprint density at radius 2 is 1.92 bits per heavy atom.